The zero-order valence-corrected chi connectivity index (χ0v) is 6.79. The predicted molar refractivity (Wildman–Crippen MR) is 40.6 cm³/mol. The maximum absolute atomic E-state index is 11.1. The lowest BCUT2D eigenvalue weighted by molar-refractivity contribution is 0.692. The van der Waals surface area contributed by atoms with Crippen molar-refractivity contribution in [2.24, 2.45) is 0 Å². The van der Waals surface area contributed by atoms with Crippen LogP contribution >= 0.6 is 0 Å². The molecule has 52 valence electrons. The molecule has 0 saturated carbocycles. The minimum atomic E-state index is -0.738. The highest BCUT2D eigenvalue weighted by molar-refractivity contribution is 7.91. The Bertz CT molecular complexity index is 297. The van der Waals surface area contributed by atoms with Crippen molar-refractivity contribution in [1.29, 1.82) is 0 Å². The minimum absolute atomic E-state index is 0.738. The Labute approximate surface area is 62.5 Å². The first-order valence-electron chi connectivity index (χ1n) is 3.24. The van der Waals surface area contributed by atoms with Crippen molar-refractivity contribution in [3.05, 3.63) is 23.3 Å². The molecule has 1 aliphatic heterocycles. The topological polar surface area (TPSA) is 17.1 Å². The Morgan fingerprint density at radius 3 is 1.90 bits per heavy atom. The van der Waals surface area contributed by atoms with Gasteiger partial charge in [-0.2, -0.15) is 0 Å². The summed E-state index contributed by atoms with van der Waals surface area (Å²) in [5.74, 6) is 0. The van der Waals surface area contributed by atoms with Gasteiger partial charge in [-0.3, -0.25) is 0 Å². The molecule has 1 heterocycles. The monoisotopic (exact) mass is 152 g/mol. The van der Waals surface area contributed by atoms with Gasteiger partial charge in [-0.05, 0) is 25.0 Å². The third-order valence-electron chi connectivity index (χ3n) is 1.83. The summed E-state index contributed by atoms with van der Waals surface area (Å²) in [6, 6.07) is 4.05. The summed E-state index contributed by atoms with van der Waals surface area (Å²) in [6.07, 6.45) is 0. The highest BCUT2D eigenvalue weighted by Crippen LogP contribution is 2.40. The maximum atomic E-state index is 11.1. The second-order valence-corrected chi connectivity index (χ2v) is 3.98. The number of hydrogen-bond acceptors (Lipinski definition) is 1. The third-order valence-corrected chi connectivity index (χ3v) is 3.42. The highest BCUT2D eigenvalue weighted by atomic mass is 32.2. The van der Waals surface area contributed by atoms with E-state index in [2.05, 4.69) is 0 Å². The molecular formula is C8H8OS. The van der Waals surface area contributed by atoms with E-state index < -0.39 is 10.8 Å². The average Bonchev–Trinajstić information content (AvgIpc) is 2.55. The van der Waals surface area contributed by atoms with Crippen LogP contribution in [0.2, 0.25) is 0 Å². The van der Waals surface area contributed by atoms with Gasteiger partial charge in [0, 0.05) is 0 Å². The summed E-state index contributed by atoms with van der Waals surface area (Å²) in [7, 11) is -0.738. The van der Waals surface area contributed by atoms with Crippen molar-refractivity contribution in [2.75, 3.05) is 0 Å². The van der Waals surface area contributed by atoms with Crippen LogP contribution in [0.3, 0.4) is 0 Å². The molecule has 0 saturated heterocycles. The normalized spacial score (nSPS) is 15.0. The predicted octanol–water partition coefficient (Wildman–Crippen LogP) is 1.78. The van der Waals surface area contributed by atoms with Crippen LogP contribution in [-0.2, 0) is 10.8 Å². The van der Waals surface area contributed by atoms with Crippen molar-refractivity contribution < 1.29 is 4.21 Å². The summed E-state index contributed by atoms with van der Waals surface area (Å²) < 4.78 is 11.1. The number of rotatable bonds is 0. The number of aryl methyl sites for hydroxylation is 2. The zero-order chi connectivity index (χ0) is 7.30. The molecule has 0 radical (unpaired) electrons. The van der Waals surface area contributed by atoms with E-state index in [0.717, 1.165) is 9.79 Å². The molecule has 0 fully saturated rings. The van der Waals surface area contributed by atoms with E-state index in [1.807, 2.05) is 26.0 Å². The van der Waals surface area contributed by atoms with E-state index in [1.54, 1.807) is 0 Å². The molecule has 2 rings (SSSR count). The Morgan fingerprint density at radius 2 is 1.50 bits per heavy atom. The fourth-order valence-electron chi connectivity index (χ4n) is 1.19. The van der Waals surface area contributed by atoms with E-state index >= 15 is 0 Å². The molecule has 2 heteroatoms. The fourth-order valence-corrected chi connectivity index (χ4v) is 2.60. The maximum Gasteiger partial charge on any atom is 0.0880 e. The van der Waals surface area contributed by atoms with Crippen molar-refractivity contribution in [3.8, 4) is 0 Å². The van der Waals surface area contributed by atoms with Crippen molar-refractivity contribution >= 4 is 10.8 Å². The summed E-state index contributed by atoms with van der Waals surface area (Å²) >= 11 is 0. The Kier molecular flexibility index (Phi) is 1.04. The van der Waals surface area contributed by atoms with Crippen LogP contribution in [0.4, 0.5) is 0 Å². The molecule has 1 aromatic carbocycles. The quantitative estimate of drug-likeness (QED) is 0.526. The number of hydrogen-bond donors (Lipinski definition) is 0. The van der Waals surface area contributed by atoms with Crippen molar-refractivity contribution in [1.82, 2.24) is 0 Å². The van der Waals surface area contributed by atoms with Gasteiger partial charge in [-0.15, -0.1) is 0 Å². The van der Waals surface area contributed by atoms with Gasteiger partial charge < -0.3 is 0 Å². The summed E-state index contributed by atoms with van der Waals surface area (Å²) in [5, 5.41) is 0. The second-order valence-electron chi connectivity index (χ2n) is 2.63. The summed E-state index contributed by atoms with van der Waals surface area (Å²) in [4.78, 5) is 2.14. The second kappa shape index (κ2) is 1.70. The Balaban J connectivity index is 2.75. The van der Waals surface area contributed by atoms with Crippen LogP contribution in [0.1, 0.15) is 11.1 Å². The lowest BCUT2D eigenvalue weighted by Gasteiger charge is -1.86. The summed E-state index contributed by atoms with van der Waals surface area (Å²) in [6.45, 7) is 4.01. The van der Waals surface area contributed by atoms with Gasteiger partial charge in [0.05, 0.1) is 20.6 Å². The van der Waals surface area contributed by atoms with Crippen LogP contribution in [0.15, 0.2) is 21.9 Å². The first-order valence-corrected chi connectivity index (χ1v) is 4.39. The molecule has 0 bridgehead atoms. The number of benzene rings is 1. The van der Waals surface area contributed by atoms with Crippen molar-refractivity contribution in [3.63, 3.8) is 0 Å². The molecule has 0 aromatic heterocycles. The van der Waals surface area contributed by atoms with E-state index in [9.17, 15) is 4.21 Å². The number of fused-ring (bicyclic) bond motifs is 1. The molecule has 0 spiro atoms. The zero-order valence-electron chi connectivity index (χ0n) is 5.97. The van der Waals surface area contributed by atoms with Gasteiger partial charge in [0.1, 0.15) is 0 Å². The Hall–Kier alpha value is -0.630. The smallest absolute Gasteiger partial charge is 0.0880 e. The molecule has 1 aromatic rings. The average molecular weight is 152 g/mol. The van der Waals surface area contributed by atoms with Gasteiger partial charge >= 0.3 is 0 Å². The van der Waals surface area contributed by atoms with Gasteiger partial charge in [0.2, 0.25) is 0 Å². The molecule has 0 aliphatic carbocycles. The molecule has 0 unspecified atom stereocenters. The van der Waals surface area contributed by atoms with Crippen LogP contribution in [0.5, 0.6) is 0 Å². The van der Waals surface area contributed by atoms with E-state index in [1.165, 1.54) is 11.1 Å². The van der Waals surface area contributed by atoms with Crippen molar-refractivity contribution in [2.45, 2.75) is 23.6 Å². The standard InChI is InChI=1S/C8H8OS/c1-5-3-4-6(2)8-7(5)10(8)9/h3-4H,1-2H3. The molecule has 0 amide bonds. The van der Waals surface area contributed by atoms with Gasteiger partial charge in [-0.25, -0.2) is 4.21 Å². The van der Waals surface area contributed by atoms with Gasteiger partial charge in [0.25, 0.3) is 0 Å². The van der Waals surface area contributed by atoms with E-state index in [4.69, 9.17) is 0 Å². The van der Waals surface area contributed by atoms with Gasteiger partial charge in [-0.1, -0.05) is 12.1 Å². The minimum Gasteiger partial charge on any atom is -0.249 e. The highest BCUT2D eigenvalue weighted by Gasteiger charge is 2.32. The van der Waals surface area contributed by atoms with E-state index in [-0.39, 0.29) is 0 Å². The molecule has 1 nitrogen and oxygen atoms in total. The van der Waals surface area contributed by atoms with Crippen LogP contribution in [0, 0.1) is 13.8 Å². The molecule has 0 N–H and O–H groups in total. The molecular weight excluding hydrogens is 144 g/mol. The Morgan fingerprint density at radius 1 is 1.10 bits per heavy atom. The molecule has 1 aliphatic rings. The van der Waals surface area contributed by atoms with Crippen LogP contribution < -0.4 is 0 Å². The first-order chi connectivity index (χ1) is 4.72. The SMILES string of the molecule is Cc1ccc(C)c2c1S2=O. The van der Waals surface area contributed by atoms with Crippen LogP contribution in [0.25, 0.3) is 0 Å². The largest absolute Gasteiger partial charge is 0.249 e. The lowest BCUT2D eigenvalue weighted by Crippen LogP contribution is -1.69. The summed E-state index contributed by atoms with van der Waals surface area (Å²) in [5.41, 5.74) is 2.33. The fraction of sp³-hybridized carbons (Fsp3) is 0.250. The molecule has 10 heavy (non-hydrogen) atoms. The first kappa shape index (κ1) is 6.10. The lowest BCUT2D eigenvalue weighted by atomic mass is 10.2. The van der Waals surface area contributed by atoms with Crippen LogP contribution in [-0.4, -0.2) is 4.21 Å². The van der Waals surface area contributed by atoms with Gasteiger partial charge in [0.15, 0.2) is 0 Å². The van der Waals surface area contributed by atoms with E-state index in [0.29, 0.717) is 0 Å². The molecule has 0 atom stereocenters. The third kappa shape index (κ3) is 0.598.